The van der Waals surface area contributed by atoms with Gasteiger partial charge in [-0.15, -0.1) is 0 Å². The Bertz CT molecular complexity index is 3280. The number of rotatable bonds is 4. The van der Waals surface area contributed by atoms with Crippen LogP contribution in [-0.4, -0.2) is 15.0 Å². The molecular formula is C51H35N3O2. The van der Waals surface area contributed by atoms with Crippen molar-refractivity contribution < 1.29 is 8.83 Å². The molecule has 56 heavy (non-hydrogen) atoms. The first kappa shape index (κ1) is 31.5. The molecule has 0 aliphatic heterocycles. The van der Waals surface area contributed by atoms with Gasteiger partial charge in [-0.2, -0.15) is 0 Å². The Balaban J connectivity index is 1.02. The smallest absolute Gasteiger partial charge is 0.164 e. The molecule has 4 aliphatic rings. The second-order valence-corrected chi connectivity index (χ2v) is 15.3. The molecule has 0 amide bonds. The highest BCUT2D eigenvalue weighted by molar-refractivity contribution is 6.13. The van der Waals surface area contributed by atoms with Gasteiger partial charge in [-0.25, -0.2) is 15.0 Å². The van der Waals surface area contributed by atoms with Gasteiger partial charge in [-0.05, 0) is 77.6 Å². The van der Waals surface area contributed by atoms with Crippen LogP contribution in [0.5, 0.6) is 0 Å². The molecule has 12 rings (SSSR count). The van der Waals surface area contributed by atoms with Crippen LogP contribution in [0.3, 0.4) is 0 Å². The molecule has 0 radical (unpaired) electrons. The zero-order valence-electron chi connectivity index (χ0n) is 30.6. The lowest BCUT2D eigenvalue weighted by Crippen LogP contribution is -2.24. The Morgan fingerprint density at radius 1 is 0.607 bits per heavy atom. The van der Waals surface area contributed by atoms with Crippen LogP contribution < -0.4 is 10.6 Å². The maximum atomic E-state index is 6.81. The Labute approximate surface area is 322 Å². The number of nitrogens with zero attached hydrogens (tertiary/aromatic N) is 3. The fraction of sp³-hybridized carbons (Fsp3) is 0.118. The molecule has 8 aromatic rings. The number of hydrogen-bond acceptors (Lipinski definition) is 5. The highest BCUT2D eigenvalue weighted by atomic mass is 16.3. The number of hydrogen-bond donors (Lipinski definition) is 0. The van der Waals surface area contributed by atoms with Gasteiger partial charge in [0.05, 0.1) is 0 Å². The molecule has 2 atom stereocenters. The van der Waals surface area contributed by atoms with Crippen LogP contribution >= 0.6 is 0 Å². The lowest BCUT2D eigenvalue weighted by Gasteiger charge is -2.28. The van der Waals surface area contributed by atoms with Gasteiger partial charge < -0.3 is 8.83 Å². The van der Waals surface area contributed by atoms with Crippen molar-refractivity contribution in [1.82, 2.24) is 15.0 Å². The molecule has 5 heteroatoms. The molecule has 2 unspecified atom stereocenters. The lowest BCUT2D eigenvalue weighted by atomic mass is 9.77. The third-order valence-corrected chi connectivity index (χ3v) is 12.1. The van der Waals surface area contributed by atoms with Crippen molar-refractivity contribution in [2.45, 2.75) is 37.5 Å². The van der Waals surface area contributed by atoms with Crippen molar-refractivity contribution >= 4 is 73.1 Å². The summed E-state index contributed by atoms with van der Waals surface area (Å²) in [6.45, 7) is 0. The summed E-state index contributed by atoms with van der Waals surface area (Å²) in [5.74, 6) is 2.39. The summed E-state index contributed by atoms with van der Waals surface area (Å²) in [5, 5.41) is 6.72. The Hall–Kier alpha value is -6.85. The summed E-state index contributed by atoms with van der Waals surface area (Å²) in [6.07, 6.45) is 23.8. The fourth-order valence-electron chi connectivity index (χ4n) is 9.30. The quantitative estimate of drug-likeness (QED) is 0.181. The topological polar surface area (TPSA) is 65.0 Å². The van der Waals surface area contributed by atoms with E-state index >= 15 is 0 Å². The minimum atomic E-state index is 0.0641. The molecule has 266 valence electrons. The van der Waals surface area contributed by atoms with Crippen molar-refractivity contribution in [2.75, 3.05) is 0 Å². The van der Waals surface area contributed by atoms with Gasteiger partial charge in [0, 0.05) is 55.3 Å². The lowest BCUT2D eigenvalue weighted by molar-refractivity contribution is 0.571. The number of allylic oxidation sites excluding steroid dienone is 9. The second kappa shape index (κ2) is 12.3. The van der Waals surface area contributed by atoms with Crippen LogP contribution in [0, 0.1) is 0 Å². The maximum absolute atomic E-state index is 6.81. The predicted molar refractivity (Wildman–Crippen MR) is 227 cm³/mol. The van der Waals surface area contributed by atoms with E-state index in [-0.39, 0.29) is 11.8 Å². The van der Waals surface area contributed by atoms with Gasteiger partial charge in [-0.1, -0.05) is 127 Å². The summed E-state index contributed by atoms with van der Waals surface area (Å²) >= 11 is 0. The van der Waals surface area contributed by atoms with E-state index in [0.717, 1.165) is 97.5 Å². The number of para-hydroxylation sites is 1. The van der Waals surface area contributed by atoms with Gasteiger partial charge in [0.2, 0.25) is 0 Å². The van der Waals surface area contributed by atoms with Gasteiger partial charge in [0.15, 0.2) is 17.5 Å². The van der Waals surface area contributed by atoms with Gasteiger partial charge in [0.1, 0.15) is 22.2 Å². The third kappa shape index (κ3) is 4.90. The Morgan fingerprint density at radius 3 is 2.41 bits per heavy atom. The normalized spacial score (nSPS) is 18.5. The van der Waals surface area contributed by atoms with Gasteiger partial charge in [-0.3, -0.25) is 0 Å². The highest BCUT2D eigenvalue weighted by Gasteiger charge is 2.28. The van der Waals surface area contributed by atoms with Crippen LogP contribution in [0.2, 0.25) is 0 Å². The Morgan fingerprint density at radius 2 is 1.46 bits per heavy atom. The first-order chi connectivity index (χ1) is 27.7. The average Bonchev–Trinajstić information content (AvgIpc) is 3.85. The van der Waals surface area contributed by atoms with E-state index in [1.54, 1.807) is 0 Å². The predicted octanol–water partition coefficient (Wildman–Crippen LogP) is 11.3. The molecule has 0 bridgehead atoms. The summed E-state index contributed by atoms with van der Waals surface area (Å²) in [4.78, 5) is 15.7. The van der Waals surface area contributed by atoms with E-state index in [9.17, 15) is 0 Å². The molecular weight excluding hydrogens is 687 g/mol. The first-order valence-corrected chi connectivity index (χ1v) is 19.6. The van der Waals surface area contributed by atoms with E-state index in [4.69, 9.17) is 23.8 Å². The minimum Gasteiger partial charge on any atom is -0.456 e. The SMILES string of the molecule is C1=CC(c2nc(C3=CC=C4C=Cc5ccccc5C4C3)nc(-c3ccc(C4C=c5oc6c(ccc7ccccc76)c5=CC4)c4oc5ccccc5c34)n2)=CCC1. The van der Waals surface area contributed by atoms with Crippen LogP contribution in [-0.2, 0) is 0 Å². The largest absolute Gasteiger partial charge is 0.456 e. The Kier molecular flexibility index (Phi) is 6.94. The summed E-state index contributed by atoms with van der Waals surface area (Å²) < 4.78 is 13.5. The fourth-order valence-corrected chi connectivity index (χ4v) is 9.30. The van der Waals surface area contributed by atoms with Crippen LogP contribution in [0.4, 0.5) is 0 Å². The van der Waals surface area contributed by atoms with E-state index in [1.165, 1.54) is 27.3 Å². The number of benzene rings is 5. The van der Waals surface area contributed by atoms with Crippen molar-refractivity contribution in [1.29, 1.82) is 0 Å². The van der Waals surface area contributed by atoms with E-state index in [1.807, 2.05) is 6.07 Å². The number of furan rings is 2. The number of aromatic nitrogens is 3. The zero-order chi connectivity index (χ0) is 36.7. The molecule has 5 nitrogen and oxygen atoms in total. The summed E-state index contributed by atoms with van der Waals surface area (Å²) in [6, 6.07) is 34.2. The van der Waals surface area contributed by atoms with E-state index < -0.39 is 0 Å². The molecule has 3 aromatic heterocycles. The molecule has 5 aromatic carbocycles. The third-order valence-electron chi connectivity index (χ3n) is 12.1. The van der Waals surface area contributed by atoms with Crippen LogP contribution in [0.25, 0.3) is 84.4 Å². The standard InChI is InChI=1S/C51H35N3O2/c1-2-12-33(13-3-1)49-52-50(35-21-20-32-19-18-30-10-4-6-14-36(30)43(32)28-35)54-51(53-49)42-27-26-38(48-46(42)41-16-8-9-17-44(41)55-48)34-23-24-39-40-25-22-31-11-5-7-15-37(31)47(40)56-45(39)29-34/h2,4-22,24-27,29,34,43H,1,3,23,28H2. The van der Waals surface area contributed by atoms with Crippen molar-refractivity contribution in [3.8, 4) is 11.4 Å². The average molecular weight is 722 g/mol. The summed E-state index contributed by atoms with van der Waals surface area (Å²) in [5.41, 5.74) is 11.7. The second-order valence-electron chi connectivity index (χ2n) is 15.3. The van der Waals surface area contributed by atoms with Gasteiger partial charge in [0.25, 0.3) is 0 Å². The molecule has 0 saturated carbocycles. The van der Waals surface area contributed by atoms with Gasteiger partial charge >= 0.3 is 0 Å². The molecule has 0 fully saturated rings. The van der Waals surface area contributed by atoms with Crippen molar-refractivity contribution in [2.24, 2.45) is 0 Å². The molecule has 4 aliphatic carbocycles. The van der Waals surface area contributed by atoms with Crippen LogP contribution in [0.15, 0.2) is 148 Å². The monoisotopic (exact) mass is 721 g/mol. The zero-order valence-corrected chi connectivity index (χ0v) is 30.6. The van der Waals surface area contributed by atoms with E-state index in [2.05, 4.69) is 146 Å². The molecule has 0 N–H and O–H groups in total. The summed E-state index contributed by atoms with van der Waals surface area (Å²) in [7, 11) is 0. The first-order valence-electron chi connectivity index (χ1n) is 19.6. The van der Waals surface area contributed by atoms with Crippen LogP contribution in [0.1, 0.15) is 65.9 Å². The number of fused-ring (bicyclic) bond motifs is 11. The maximum Gasteiger partial charge on any atom is 0.164 e. The molecule has 0 spiro atoms. The molecule has 3 heterocycles. The van der Waals surface area contributed by atoms with Crippen molar-refractivity contribution in [3.05, 3.63) is 178 Å². The highest BCUT2D eigenvalue weighted by Crippen LogP contribution is 2.44. The van der Waals surface area contributed by atoms with Crippen molar-refractivity contribution in [3.63, 3.8) is 0 Å². The minimum absolute atomic E-state index is 0.0641. The van der Waals surface area contributed by atoms with E-state index in [0.29, 0.717) is 11.6 Å². The molecule has 0 saturated heterocycles.